The Morgan fingerprint density at radius 2 is 1.82 bits per heavy atom. The number of hydrogen-bond donors (Lipinski definition) is 4. The number of allylic oxidation sites excluding steroid dienone is 1. The summed E-state index contributed by atoms with van der Waals surface area (Å²) in [7, 11) is 1.77. The molecule has 1 amide bonds. The molecule has 174 valence electrons. The molecule has 33 heavy (non-hydrogen) atoms. The van der Waals surface area contributed by atoms with Crippen LogP contribution in [0.5, 0.6) is 0 Å². The second-order valence-electron chi connectivity index (χ2n) is 9.14. The Kier molecular flexibility index (Phi) is 6.88. The van der Waals surface area contributed by atoms with Crippen molar-refractivity contribution in [3.8, 4) is 0 Å². The molecule has 1 aliphatic heterocycles. The summed E-state index contributed by atoms with van der Waals surface area (Å²) in [6.45, 7) is 8.14. The zero-order valence-electron chi connectivity index (χ0n) is 19.5. The van der Waals surface area contributed by atoms with Crippen molar-refractivity contribution in [2.45, 2.75) is 45.6 Å². The summed E-state index contributed by atoms with van der Waals surface area (Å²) in [5.74, 6) is -1.32. The second kappa shape index (κ2) is 9.46. The van der Waals surface area contributed by atoms with E-state index in [2.05, 4.69) is 48.9 Å². The van der Waals surface area contributed by atoms with E-state index >= 15 is 0 Å². The number of aliphatic hydroxyl groups excluding tert-OH is 1. The van der Waals surface area contributed by atoms with Gasteiger partial charge >= 0.3 is 5.97 Å². The monoisotopic (exact) mass is 450 g/mol. The number of nitrogens with zero attached hydrogens (tertiary/aromatic N) is 2. The number of hydrazone groups is 1. The van der Waals surface area contributed by atoms with Crippen LogP contribution in [0.1, 0.15) is 60.8 Å². The highest BCUT2D eigenvalue weighted by atomic mass is 16.4. The lowest BCUT2D eigenvalue weighted by Gasteiger charge is -2.21. The van der Waals surface area contributed by atoms with Crippen molar-refractivity contribution in [2.24, 2.45) is 5.10 Å². The Morgan fingerprint density at radius 1 is 1.15 bits per heavy atom. The number of nitrogens with one attached hydrogen (secondary N) is 2. The van der Waals surface area contributed by atoms with Crippen molar-refractivity contribution in [1.29, 1.82) is 0 Å². The zero-order valence-corrected chi connectivity index (χ0v) is 19.5. The van der Waals surface area contributed by atoms with Crippen molar-refractivity contribution >= 4 is 17.6 Å². The first-order valence-electron chi connectivity index (χ1n) is 10.7. The lowest BCUT2D eigenvalue weighted by molar-refractivity contribution is -0.120. The molecule has 0 fully saturated rings. The van der Waals surface area contributed by atoms with Gasteiger partial charge in [-0.2, -0.15) is 5.10 Å². The van der Waals surface area contributed by atoms with Crippen LogP contribution in [0.3, 0.4) is 0 Å². The molecule has 0 saturated heterocycles. The Balaban J connectivity index is 1.72. The van der Waals surface area contributed by atoms with Gasteiger partial charge in [0.1, 0.15) is 17.5 Å². The van der Waals surface area contributed by atoms with E-state index in [4.69, 9.17) is 5.11 Å². The minimum Gasteiger partial charge on any atom is -0.508 e. The van der Waals surface area contributed by atoms with Crippen LogP contribution in [0, 0.1) is 0 Å². The molecule has 1 atom stereocenters. The molecule has 1 unspecified atom stereocenters. The van der Waals surface area contributed by atoms with Gasteiger partial charge in [-0.3, -0.25) is 4.79 Å². The molecule has 0 bridgehead atoms. The lowest BCUT2D eigenvalue weighted by atomic mass is 9.86. The number of carbonyl (C=O) groups is 2. The van der Waals surface area contributed by atoms with Gasteiger partial charge in [0.25, 0.3) is 0 Å². The third-order valence-electron chi connectivity index (χ3n) is 5.51. The molecule has 2 aromatic carbocycles. The van der Waals surface area contributed by atoms with Gasteiger partial charge in [0.2, 0.25) is 5.91 Å². The highest BCUT2D eigenvalue weighted by molar-refractivity contribution is 5.99. The highest BCUT2D eigenvalue weighted by Crippen LogP contribution is 2.31. The summed E-state index contributed by atoms with van der Waals surface area (Å²) in [6.07, 6.45) is -0.0141. The van der Waals surface area contributed by atoms with E-state index < -0.39 is 12.0 Å². The molecule has 8 heteroatoms. The minimum absolute atomic E-state index is 0.0141. The number of hydrogen-bond acceptors (Lipinski definition) is 6. The van der Waals surface area contributed by atoms with Crippen molar-refractivity contribution in [3.05, 3.63) is 82.2 Å². The molecule has 2 aromatic rings. The van der Waals surface area contributed by atoms with Gasteiger partial charge < -0.3 is 15.2 Å². The molecule has 0 spiro atoms. The average molecular weight is 451 g/mol. The topological polar surface area (TPSA) is 114 Å². The van der Waals surface area contributed by atoms with Crippen molar-refractivity contribution < 1.29 is 19.8 Å². The molecule has 0 aliphatic carbocycles. The van der Waals surface area contributed by atoms with Crippen LogP contribution in [0.4, 0.5) is 0 Å². The molecule has 8 nitrogen and oxygen atoms in total. The van der Waals surface area contributed by atoms with E-state index in [0.29, 0.717) is 17.0 Å². The normalized spacial score (nSPS) is 16.8. The van der Waals surface area contributed by atoms with Crippen LogP contribution >= 0.6 is 0 Å². The Morgan fingerprint density at radius 3 is 2.42 bits per heavy atom. The predicted molar refractivity (Wildman–Crippen MR) is 127 cm³/mol. The smallest absolute Gasteiger partial charge is 0.335 e. The van der Waals surface area contributed by atoms with E-state index in [9.17, 15) is 14.7 Å². The first-order valence-corrected chi connectivity index (χ1v) is 10.7. The van der Waals surface area contributed by atoms with Gasteiger partial charge in [0.15, 0.2) is 0 Å². The molecular weight excluding hydrogens is 420 g/mol. The van der Waals surface area contributed by atoms with E-state index in [-0.39, 0.29) is 29.1 Å². The number of hydrazine groups is 1. The Labute approximate surface area is 193 Å². The summed E-state index contributed by atoms with van der Waals surface area (Å²) < 4.78 is 0. The van der Waals surface area contributed by atoms with Crippen LogP contribution in [0.15, 0.2) is 65.1 Å². The summed E-state index contributed by atoms with van der Waals surface area (Å²) in [5.41, 5.74) is 9.45. The summed E-state index contributed by atoms with van der Waals surface area (Å²) in [5, 5.41) is 25.8. The molecule has 3 rings (SSSR count). The van der Waals surface area contributed by atoms with Crippen LogP contribution < -0.4 is 10.9 Å². The van der Waals surface area contributed by atoms with E-state index in [1.165, 1.54) is 17.7 Å². The molecule has 0 radical (unpaired) electrons. The average Bonchev–Trinajstić information content (AvgIpc) is 3.05. The van der Waals surface area contributed by atoms with Gasteiger partial charge in [-0.15, -0.1) is 0 Å². The number of carboxylic acids is 1. The fraction of sp³-hybridized carbons (Fsp3) is 0.320. The van der Waals surface area contributed by atoms with Crippen molar-refractivity contribution in [1.82, 2.24) is 15.9 Å². The van der Waals surface area contributed by atoms with Gasteiger partial charge in [-0.05, 0) is 41.2 Å². The third kappa shape index (κ3) is 5.59. The first-order chi connectivity index (χ1) is 15.5. The number of rotatable bonds is 6. The standard InChI is InChI=1S/C25H30N4O4/c1-15(26-27-20(30)14-16-7-6-8-18(13-16)24(32)33)22-23(31)21(28-29(22)5)17-9-11-19(12-10-17)25(2,3)4/h6-13,21,28,31H,14H2,1-5H3,(H,27,30)(H,32,33). The molecule has 0 saturated carbocycles. The number of carbonyl (C=O) groups excluding carboxylic acids is 1. The van der Waals surface area contributed by atoms with Crippen LogP contribution in [-0.4, -0.2) is 39.9 Å². The zero-order chi connectivity index (χ0) is 24.3. The molecule has 1 heterocycles. The molecule has 4 N–H and O–H groups in total. The fourth-order valence-corrected chi connectivity index (χ4v) is 3.70. The minimum atomic E-state index is -1.05. The van der Waals surface area contributed by atoms with E-state index in [1.807, 2.05) is 12.1 Å². The summed E-state index contributed by atoms with van der Waals surface area (Å²) >= 11 is 0. The molecular formula is C25H30N4O4. The lowest BCUT2D eigenvalue weighted by Crippen LogP contribution is -2.32. The van der Waals surface area contributed by atoms with Crippen molar-refractivity contribution in [3.63, 3.8) is 0 Å². The Hall–Kier alpha value is -3.65. The van der Waals surface area contributed by atoms with Gasteiger partial charge in [0.05, 0.1) is 17.7 Å². The van der Waals surface area contributed by atoms with Crippen LogP contribution in [0.25, 0.3) is 0 Å². The largest absolute Gasteiger partial charge is 0.508 e. The number of carboxylic acid groups (broad SMARTS) is 1. The Bertz CT molecular complexity index is 1110. The quantitative estimate of drug-likeness (QED) is 0.394. The van der Waals surface area contributed by atoms with Crippen molar-refractivity contribution in [2.75, 3.05) is 7.05 Å². The number of aromatic carboxylic acids is 1. The fourth-order valence-electron chi connectivity index (χ4n) is 3.70. The number of aliphatic hydroxyl groups is 1. The molecule has 0 aromatic heterocycles. The van der Waals surface area contributed by atoms with Gasteiger partial charge in [0, 0.05) is 7.05 Å². The molecule has 1 aliphatic rings. The first kappa shape index (κ1) is 24.0. The maximum absolute atomic E-state index is 12.3. The maximum atomic E-state index is 12.3. The summed E-state index contributed by atoms with van der Waals surface area (Å²) in [4.78, 5) is 23.4. The third-order valence-corrected chi connectivity index (χ3v) is 5.51. The summed E-state index contributed by atoms with van der Waals surface area (Å²) in [6, 6.07) is 13.9. The van der Waals surface area contributed by atoms with Gasteiger partial charge in [-0.1, -0.05) is 57.2 Å². The second-order valence-corrected chi connectivity index (χ2v) is 9.14. The van der Waals surface area contributed by atoms with E-state index in [1.54, 1.807) is 31.1 Å². The maximum Gasteiger partial charge on any atom is 0.335 e. The number of benzene rings is 2. The van der Waals surface area contributed by atoms with Gasteiger partial charge in [-0.25, -0.2) is 15.6 Å². The predicted octanol–water partition coefficient (Wildman–Crippen LogP) is 3.68. The van der Waals surface area contributed by atoms with Crippen LogP contribution in [0.2, 0.25) is 0 Å². The highest BCUT2D eigenvalue weighted by Gasteiger charge is 2.32. The van der Waals surface area contributed by atoms with Crippen LogP contribution in [-0.2, 0) is 16.6 Å². The SMILES string of the molecule is CC(=NNC(=O)Cc1cccc(C(=O)O)c1)C1=C(O)C(c2ccc(C(C)(C)C)cc2)NN1C. The number of amides is 1. The van der Waals surface area contributed by atoms with E-state index in [0.717, 1.165) is 5.56 Å².